The van der Waals surface area contributed by atoms with Gasteiger partial charge in [-0.05, 0) is 18.6 Å². The molecule has 2 saturated heterocycles. The highest BCUT2D eigenvalue weighted by Crippen LogP contribution is 2.32. The van der Waals surface area contributed by atoms with Gasteiger partial charge in [-0.3, -0.25) is 14.5 Å². The van der Waals surface area contributed by atoms with Gasteiger partial charge in [0.15, 0.2) is 0 Å². The Bertz CT molecular complexity index is 772. The van der Waals surface area contributed by atoms with Crippen molar-refractivity contribution in [1.29, 1.82) is 0 Å². The van der Waals surface area contributed by atoms with Crippen LogP contribution in [0.5, 0.6) is 0 Å². The third kappa shape index (κ3) is 4.18. The molecule has 7 nitrogen and oxygen atoms in total. The Balaban J connectivity index is 1.71. The largest absolute Gasteiger partial charge is 0.442 e. The van der Waals surface area contributed by atoms with Crippen molar-refractivity contribution in [3.8, 4) is 0 Å². The lowest BCUT2D eigenvalue weighted by Crippen LogP contribution is -2.37. The van der Waals surface area contributed by atoms with Gasteiger partial charge >= 0.3 is 12.5 Å². The van der Waals surface area contributed by atoms with Crippen molar-refractivity contribution in [1.82, 2.24) is 10.6 Å². The predicted octanol–water partition coefficient (Wildman–Crippen LogP) is 1.66. The molecular weight excluding hydrogens is 386 g/mol. The van der Waals surface area contributed by atoms with E-state index in [0.29, 0.717) is 6.42 Å². The Morgan fingerprint density at radius 3 is 2.54 bits per heavy atom. The minimum Gasteiger partial charge on any atom is -0.442 e. The third-order valence-electron chi connectivity index (χ3n) is 4.63. The van der Waals surface area contributed by atoms with Crippen molar-refractivity contribution in [2.45, 2.75) is 31.3 Å². The molecule has 0 saturated carbocycles. The predicted molar refractivity (Wildman–Crippen MR) is 88.0 cm³/mol. The van der Waals surface area contributed by atoms with Crippen LogP contribution in [-0.4, -0.2) is 50.1 Å². The number of benzene rings is 1. The highest BCUT2D eigenvalue weighted by atomic mass is 19.3. The summed E-state index contributed by atoms with van der Waals surface area (Å²) in [6.07, 6.45) is -4.58. The van der Waals surface area contributed by atoms with Gasteiger partial charge in [-0.1, -0.05) is 0 Å². The van der Waals surface area contributed by atoms with Gasteiger partial charge in [0.1, 0.15) is 17.7 Å². The third-order valence-corrected chi connectivity index (χ3v) is 4.63. The van der Waals surface area contributed by atoms with Crippen LogP contribution in [0.4, 0.5) is 28.0 Å². The molecule has 0 aliphatic carbocycles. The lowest BCUT2D eigenvalue weighted by molar-refractivity contribution is -0.132. The van der Waals surface area contributed by atoms with Gasteiger partial charge in [0.25, 0.3) is 5.91 Å². The molecule has 2 N–H and O–H groups in total. The van der Waals surface area contributed by atoms with E-state index in [4.69, 9.17) is 4.74 Å². The number of alkyl halides is 2. The number of amides is 3. The molecular formula is C17H17F4N3O4. The fourth-order valence-corrected chi connectivity index (χ4v) is 3.23. The number of nitrogens with zero attached hydrogens (tertiary/aromatic N) is 1. The van der Waals surface area contributed by atoms with E-state index >= 15 is 0 Å². The van der Waals surface area contributed by atoms with E-state index in [1.54, 1.807) is 0 Å². The number of hydrogen-bond acceptors (Lipinski definition) is 4. The molecule has 2 aliphatic heterocycles. The van der Waals surface area contributed by atoms with Crippen LogP contribution in [0, 0.1) is 11.6 Å². The lowest BCUT2D eigenvalue weighted by atomic mass is 9.90. The molecule has 2 fully saturated rings. The van der Waals surface area contributed by atoms with Crippen LogP contribution in [0.15, 0.2) is 12.1 Å². The number of hydrogen-bond donors (Lipinski definition) is 2. The maximum absolute atomic E-state index is 14.5. The Morgan fingerprint density at radius 1 is 1.29 bits per heavy atom. The quantitative estimate of drug-likeness (QED) is 0.733. The lowest BCUT2D eigenvalue weighted by Gasteiger charge is -2.24. The van der Waals surface area contributed by atoms with E-state index in [0.717, 1.165) is 17.0 Å². The first-order chi connectivity index (χ1) is 13.3. The van der Waals surface area contributed by atoms with Crippen molar-refractivity contribution in [2.24, 2.45) is 0 Å². The van der Waals surface area contributed by atoms with Crippen molar-refractivity contribution in [3.63, 3.8) is 0 Å². The number of piperidine rings is 1. The highest BCUT2D eigenvalue weighted by Gasteiger charge is 2.34. The van der Waals surface area contributed by atoms with Crippen LogP contribution in [0.2, 0.25) is 0 Å². The summed E-state index contributed by atoms with van der Waals surface area (Å²) in [5, 5.41) is 4.47. The molecule has 0 radical (unpaired) electrons. The van der Waals surface area contributed by atoms with E-state index in [1.165, 1.54) is 0 Å². The number of anilines is 1. The maximum atomic E-state index is 14.5. The summed E-state index contributed by atoms with van der Waals surface area (Å²) in [6, 6.07) is 1.96. The van der Waals surface area contributed by atoms with Gasteiger partial charge in [0, 0.05) is 24.4 Å². The number of rotatable bonds is 5. The van der Waals surface area contributed by atoms with Crippen LogP contribution in [0.25, 0.3) is 0 Å². The number of halogens is 4. The van der Waals surface area contributed by atoms with Crippen LogP contribution >= 0.6 is 0 Å². The second-order valence-electron chi connectivity index (χ2n) is 6.52. The average Bonchev–Trinajstić information content (AvgIpc) is 3.01. The number of ether oxygens (including phenoxy) is 1. The zero-order valence-electron chi connectivity index (χ0n) is 14.5. The summed E-state index contributed by atoms with van der Waals surface area (Å²) in [5.74, 6) is -3.93. The smallest absolute Gasteiger partial charge is 0.414 e. The normalized spacial score (nSPS) is 22.2. The SMILES string of the molecule is O=C1CCC(c2c(F)cc(N3CC(CNC(=O)C(F)F)OC3=O)cc2F)CN1. The van der Waals surface area contributed by atoms with Gasteiger partial charge in [0.05, 0.1) is 18.8 Å². The van der Waals surface area contributed by atoms with E-state index in [-0.39, 0.29) is 43.2 Å². The van der Waals surface area contributed by atoms with Crippen molar-refractivity contribution < 1.29 is 36.7 Å². The molecule has 3 amide bonds. The van der Waals surface area contributed by atoms with Crippen molar-refractivity contribution >= 4 is 23.6 Å². The molecule has 0 bridgehead atoms. The topological polar surface area (TPSA) is 87.7 Å². The summed E-state index contributed by atoms with van der Waals surface area (Å²) >= 11 is 0. The Kier molecular flexibility index (Phi) is 5.71. The first-order valence-corrected chi connectivity index (χ1v) is 8.56. The Labute approximate surface area is 157 Å². The summed E-state index contributed by atoms with van der Waals surface area (Å²) < 4.78 is 58.4. The minimum atomic E-state index is -3.20. The molecule has 3 rings (SSSR count). The van der Waals surface area contributed by atoms with Gasteiger partial charge in [-0.15, -0.1) is 0 Å². The highest BCUT2D eigenvalue weighted by molar-refractivity contribution is 5.90. The molecule has 0 aromatic heterocycles. The summed E-state index contributed by atoms with van der Waals surface area (Å²) in [7, 11) is 0. The van der Waals surface area contributed by atoms with Gasteiger partial charge in [-0.2, -0.15) is 8.78 Å². The van der Waals surface area contributed by atoms with E-state index < -0.39 is 42.1 Å². The monoisotopic (exact) mass is 403 g/mol. The molecule has 11 heteroatoms. The van der Waals surface area contributed by atoms with Gasteiger partial charge in [0.2, 0.25) is 5.91 Å². The number of nitrogens with one attached hydrogen (secondary N) is 2. The van der Waals surface area contributed by atoms with Gasteiger partial charge in [-0.25, -0.2) is 13.6 Å². The Morgan fingerprint density at radius 2 is 1.96 bits per heavy atom. The molecule has 2 aliphatic rings. The molecule has 2 unspecified atom stereocenters. The maximum Gasteiger partial charge on any atom is 0.414 e. The number of carbonyl (C=O) groups excluding carboxylic acids is 3. The first-order valence-electron chi connectivity index (χ1n) is 8.56. The van der Waals surface area contributed by atoms with Gasteiger partial charge < -0.3 is 15.4 Å². The molecule has 2 heterocycles. The van der Waals surface area contributed by atoms with Crippen molar-refractivity contribution in [2.75, 3.05) is 24.5 Å². The summed E-state index contributed by atoms with van der Waals surface area (Å²) in [6.45, 7) is -0.403. The fraction of sp³-hybridized carbons (Fsp3) is 0.471. The molecule has 152 valence electrons. The van der Waals surface area contributed by atoms with E-state index in [9.17, 15) is 31.9 Å². The zero-order chi connectivity index (χ0) is 20.4. The number of carbonyl (C=O) groups is 3. The average molecular weight is 403 g/mol. The van der Waals surface area contributed by atoms with E-state index in [1.807, 2.05) is 5.32 Å². The summed E-state index contributed by atoms with van der Waals surface area (Å²) in [4.78, 5) is 35.0. The van der Waals surface area contributed by atoms with Crippen molar-refractivity contribution in [3.05, 3.63) is 29.3 Å². The van der Waals surface area contributed by atoms with Crippen LogP contribution < -0.4 is 15.5 Å². The molecule has 1 aromatic carbocycles. The molecule has 28 heavy (non-hydrogen) atoms. The van der Waals surface area contributed by atoms with E-state index in [2.05, 4.69) is 5.32 Å². The molecule has 1 aromatic rings. The first kappa shape index (κ1) is 19.9. The second kappa shape index (κ2) is 8.03. The molecule has 2 atom stereocenters. The standard InChI is InChI=1S/C17H17F4N3O4/c18-11-3-9(4-12(19)14(11)8-1-2-13(25)22-5-8)24-7-10(28-17(24)27)6-23-16(26)15(20)21/h3-4,8,10,15H,1-2,5-7H2,(H,22,25)(H,23,26). The number of cyclic esters (lactones) is 1. The van der Waals surface area contributed by atoms with Crippen LogP contribution in [0.1, 0.15) is 24.3 Å². The summed E-state index contributed by atoms with van der Waals surface area (Å²) in [5.41, 5.74) is -0.261. The second-order valence-corrected chi connectivity index (χ2v) is 6.52. The zero-order valence-corrected chi connectivity index (χ0v) is 14.5. The fourth-order valence-electron chi connectivity index (χ4n) is 3.23. The van der Waals surface area contributed by atoms with Crippen LogP contribution in [0.3, 0.4) is 0 Å². The van der Waals surface area contributed by atoms with Crippen LogP contribution in [-0.2, 0) is 14.3 Å². The Hall–Kier alpha value is -2.85. The molecule has 0 spiro atoms. The minimum absolute atomic E-state index is 0.0914.